The summed E-state index contributed by atoms with van der Waals surface area (Å²) < 4.78 is 23.7. The number of carbonyl (C=O) groups excluding carboxylic acids is 4. The van der Waals surface area contributed by atoms with E-state index >= 15 is 0 Å². The van der Waals surface area contributed by atoms with Crippen LogP contribution in [0.15, 0.2) is 64.6 Å². The van der Waals surface area contributed by atoms with Crippen molar-refractivity contribution in [3.05, 3.63) is 82.3 Å². The molecule has 0 atom stereocenters. The Hall–Kier alpha value is -4.24. The van der Waals surface area contributed by atoms with Gasteiger partial charge in [0.1, 0.15) is 22.9 Å². The van der Waals surface area contributed by atoms with Crippen LogP contribution < -0.4 is 10.2 Å². The molecule has 1 fully saturated rings. The minimum atomic E-state index is -0.936. The third-order valence-electron chi connectivity index (χ3n) is 4.77. The van der Waals surface area contributed by atoms with Gasteiger partial charge < -0.3 is 9.15 Å². The number of carbonyl (C=O) groups is 4. The van der Waals surface area contributed by atoms with E-state index in [1.165, 1.54) is 61.7 Å². The van der Waals surface area contributed by atoms with Crippen molar-refractivity contribution in [1.82, 2.24) is 5.32 Å². The molecule has 2 heterocycles. The molecule has 8 nitrogen and oxygen atoms in total. The van der Waals surface area contributed by atoms with Gasteiger partial charge in [0, 0.05) is 5.56 Å². The average Bonchev–Trinajstić information content (AvgIpc) is 3.27. The van der Waals surface area contributed by atoms with E-state index in [0.29, 0.717) is 11.3 Å². The number of halogens is 2. The summed E-state index contributed by atoms with van der Waals surface area (Å²) in [5, 5.41) is 2.01. The number of anilines is 1. The Bertz CT molecular complexity index is 1330. The second-order valence-corrected chi connectivity index (χ2v) is 7.23. The van der Waals surface area contributed by atoms with Crippen LogP contribution in [0, 0.1) is 5.82 Å². The van der Waals surface area contributed by atoms with Crippen molar-refractivity contribution in [2.75, 3.05) is 12.0 Å². The number of benzene rings is 2. The number of hydrogen-bond donors (Lipinski definition) is 1. The Morgan fingerprint density at radius 2 is 1.82 bits per heavy atom. The number of imide groups is 2. The number of ether oxygens (including phenoxy) is 1. The Labute approximate surface area is 191 Å². The van der Waals surface area contributed by atoms with E-state index in [4.69, 9.17) is 16.0 Å². The number of rotatable bonds is 4. The lowest BCUT2D eigenvalue weighted by Gasteiger charge is -2.26. The standard InChI is InChI=1S/C23H14ClFN2O6/c1-32-22(30)12-2-5-14(6-3-12)27-21(29)16(20(28)26-23(27)31)11-15-7-9-19(33-15)13-4-8-18(25)17(24)10-13/h2-11H,1H3,(H,26,28,31)/b16-11-. The van der Waals surface area contributed by atoms with Crippen molar-refractivity contribution in [3.8, 4) is 11.3 Å². The minimum absolute atomic E-state index is 0.0852. The molecule has 1 aliphatic rings. The summed E-state index contributed by atoms with van der Waals surface area (Å²) in [5.74, 6) is -2.45. The topological polar surface area (TPSA) is 106 Å². The van der Waals surface area contributed by atoms with Crippen LogP contribution in [0.3, 0.4) is 0 Å². The van der Waals surface area contributed by atoms with Crippen LogP contribution >= 0.6 is 11.6 Å². The first kappa shape index (κ1) is 22.0. The van der Waals surface area contributed by atoms with Crippen molar-refractivity contribution in [3.63, 3.8) is 0 Å². The quantitative estimate of drug-likeness (QED) is 0.349. The highest BCUT2D eigenvalue weighted by Gasteiger charge is 2.37. The van der Waals surface area contributed by atoms with Gasteiger partial charge in [-0.15, -0.1) is 0 Å². The number of hydrogen-bond acceptors (Lipinski definition) is 6. The van der Waals surface area contributed by atoms with Gasteiger partial charge in [-0.25, -0.2) is 18.9 Å². The Balaban J connectivity index is 1.64. The Morgan fingerprint density at radius 3 is 2.48 bits per heavy atom. The molecule has 166 valence electrons. The molecule has 33 heavy (non-hydrogen) atoms. The fourth-order valence-electron chi connectivity index (χ4n) is 3.13. The van der Waals surface area contributed by atoms with E-state index in [1.54, 1.807) is 6.07 Å². The second kappa shape index (κ2) is 8.71. The zero-order valence-electron chi connectivity index (χ0n) is 16.9. The molecule has 0 unspecified atom stereocenters. The molecule has 0 bridgehead atoms. The first-order chi connectivity index (χ1) is 15.8. The molecule has 10 heteroatoms. The third-order valence-corrected chi connectivity index (χ3v) is 5.06. The van der Waals surface area contributed by atoms with Gasteiger partial charge in [-0.2, -0.15) is 0 Å². The molecule has 0 saturated carbocycles. The first-order valence-corrected chi connectivity index (χ1v) is 9.81. The molecule has 1 aliphatic heterocycles. The number of methoxy groups -OCH3 is 1. The molecule has 2 aromatic carbocycles. The highest BCUT2D eigenvalue weighted by atomic mass is 35.5. The fourth-order valence-corrected chi connectivity index (χ4v) is 3.31. The van der Waals surface area contributed by atoms with Gasteiger partial charge in [-0.1, -0.05) is 11.6 Å². The van der Waals surface area contributed by atoms with Crippen LogP contribution in [0.5, 0.6) is 0 Å². The van der Waals surface area contributed by atoms with E-state index in [9.17, 15) is 23.6 Å². The average molecular weight is 469 g/mol. The number of nitrogens with one attached hydrogen (secondary N) is 1. The van der Waals surface area contributed by atoms with Gasteiger partial charge in [0.15, 0.2) is 0 Å². The molecule has 1 aromatic heterocycles. The minimum Gasteiger partial charge on any atom is -0.465 e. The maximum absolute atomic E-state index is 13.4. The number of amides is 4. The smallest absolute Gasteiger partial charge is 0.337 e. The monoisotopic (exact) mass is 468 g/mol. The summed E-state index contributed by atoms with van der Waals surface area (Å²) in [4.78, 5) is 50.0. The number of urea groups is 1. The van der Waals surface area contributed by atoms with Gasteiger partial charge in [-0.3, -0.25) is 14.9 Å². The molecule has 3 aromatic rings. The molecular formula is C23H14ClFN2O6. The summed E-state index contributed by atoms with van der Waals surface area (Å²) in [5.41, 5.74) is 0.518. The maximum Gasteiger partial charge on any atom is 0.337 e. The lowest BCUT2D eigenvalue weighted by Crippen LogP contribution is -2.54. The molecule has 0 radical (unpaired) electrons. The van der Waals surface area contributed by atoms with Gasteiger partial charge in [0.25, 0.3) is 11.8 Å². The van der Waals surface area contributed by atoms with E-state index in [1.807, 2.05) is 0 Å². The Morgan fingerprint density at radius 1 is 1.09 bits per heavy atom. The molecule has 0 aliphatic carbocycles. The summed E-state index contributed by atoms with van der Waals surface area (Å²) in [7, 11) is 1.23. The lowest BCUT2D eigenvalue weighted by molar-refractivity contribution is -0.122. The molecule has 4 amide bonds. The predicted molar refractivity (Wildman–Crippen MR) is 116 cm³/mol. The zero-order chi connectivity index (χ0) is 23.7. The number of furan rings is 1. The summed E-state index contributed by atoms with van der Waals surface area (Å²) >= 11 is 5.80. The van der Waals surface area contributed by atoms with Gasteiger partial charge >= 0.3 is 12.0 Å². The summed E-state index contributed by atoms with van der Waals surface area (Å²) in [6.45, 7) is 0. The third kappa shape index (κ3) is 4.26. The molecule has 1 saturated heterocycles. The van der Waals surface area contributed by atoms with Crippen molar-refractivity contribution in [2.24, 2.45) is 0 Å². The normalized spacial score (nSPS) is 15.1. The van der Waals surface area contributed by atoms with Crippen molar-refractivity contribution < 1.29 is 32.7 Å². The fraction of sp³-hybridized carbons (Fsp3) is 0.0435. The van der Waals surface area contributed by atoms with Gasteiger partial charge in [-0.05, 0) is 60.7 Å². The van der Waals surface area contributed by atoms with Crippen LogP contribution in [0.4, 0.5) is 14.9 Å². The van der Waals surface area contributed by atoms with Gasteiger partial charge in [0.2, 0.25) is 0 Å². The predicted octanol–water partition coefficient (Wildman–Crippen LogP) is 4.19. The molecule has 0 spiro atoms. The maximum atomic E-state index is 13.4. The van der Waals surface area contributed by atoms with Crippen LogP contribution in [0.25, 0.3) is 17.4 Å². The number of esters is 1. The van der Waals surface area contributed by atoms with Gasteiger partial charge in [0.05, 0.1) is 23.4 Å². The molecule has 4 rings (SSSR count). The SMILES string of the molecule is COC(=O)c1ccc(N2C(=O)NC(=O)/C(=C/c3ccc(-c4ccc(F)c(Cl)c4)o3)C2=O)cc1. The largest absolute Gasteiger partial charge is 0.465 e. The lowest BCUT2D eigenvalue weighted by atomic mass is 10.1. The highest BCUT2D eigenvalue weighted by Crippen LogP contribution is 2.28. The van der Waals surface area contributed by atoms with E-state index in [-0.39, 0.29) is 27.6 Å². The van der Waals surface area contributed by atoms with E-state index in [2.05, 4.69) is 10.1 Å². The first-order valence-electron chi connectivity index (χ1n) is 9.43. The van der Waals surface area contributed by atoms with Crippen molar-refractivity contribution in [2.45, 2.75) is 0 Å². The Kier molecular flexibility index (Phi) is 5.80. The van der Waals surface area contributed by atoms with Crippen molar-refractivity contribution >= 4 is 47.2 Å². The zero-order valence-corrected chi connectivity index (χ0v) is 17.7. The number of nitrogens with zero attached hydrogens (tertiary/aromatic N) is 1. The van der Waals surface area contributed by atoms with Crippen molar-refractivity contribution in [1.29, 1.82) is 0 Å². The number of barbiturate groups is 1. The van der Waals surface area contributed by atoms with Crippen LogP contribution in [-0.4, -0.2) is 30.9 Å². The summed E-state index contributed by atoms with van der Waals surface area (Å²) in [6, 6.07) is 11.7. The van der Waals surface area contributed by atoms with E-state index < -0.39 is 29.6 Å². The second-order valence-electron chi connectivity index (χ2n) is 6.83. The van der Waals surface area contributed by atoms with Crippen LogP contribution in [0.2, 0.25) is 5.02 Å². The molecular weight excluding hydrogens is 455 g/mol. The highest BCUT2D eigenvalue weighted by molar-refractivity contribution is 6.39. The van der Waals surface area contributed by atoms with E-state index in [0.717, 1.165) is 4.90 Å². The van der Waals surface area contributed by atoms with Crippen LogP contribution in [0.1, 0.15) is 16.1 Å². The van der Waals surface area contributed by atoms with Crippen LogP contribution in [-0.2, 0) is 14.3 Å². The molecule has 1 N–H and O–H groups in total. The summed E-state index contributed by atoms with van der Waals surface area (Å²) in [6.07, 6.45) is 1.19.